The molecule has 5 rings (SSSR count). The Hall–Kier alpha value is -4.05. The summed E-state index contributed by atoms with van der Waals surface area (Å²) >= 11 is 0. The predicted octanol–water partition coefficient (Wildman–Crippen LogP) is 4.44. The number of aryl methyl sites for hydroxylation is 1. The van der Waals surface area contributed by atoms with Crippen molar-refractivity contribution in [3.8, 4) is 11.5 Å². The number of carbonyl (C=O) groups excluding carboxylic acids is 2. The van der Waals surface area contributed by atoms with Crippen molar-refractivity contribution in [2.45, 2.75) is 63.1 Å². The Labute approximate surface area is 247 Å². The summed E-state index contributed by atoms with van der Waals surface area (Å²) in [4.78, 5) is 29.0. The zero-order chi connectivity index (χ0) is 29.7. The van der Waals surface area contributed by atoms with Gasteiger partial charge in [-0.1, -0.05) is 60.9 Å². The second-order valence-corrected chi connectivity index (χ2v) is 12.7. The molecule has 1 fully saturated rings. The van der Waals surface area contributed by atoms with Crippen LogP contribution in [0.2, 0.25) is 0 Å². The number of nitrogens with zero attached hydrogens (tertiary/aromatic N) is 2. The molecular formula is C32H37N3O6S. The topological polar surface area (TPSA) is 105 Å². The Morgan fingerprint density at radius 3 is 2.36 bits per heavy atom. The lowest BCUT2D eigenvalue weighted by molar-refractivity contribution is -0.139. The van der Waals surface area contributed by atoms with Crippen LogP contribution in [0.15, 0.2) is 77.7 Å². The van der Waals surface area contributed by atoms with Gasteiger partial charge in [-0.05, 0) is 56.5 Å². The van der Waals surface area contributed by atoms with Crippen molar-refractivity contribution in [3.05, 3.63) is 83.9 Å². The summed E-state index contributed by atoms with van der Waals surface area (Å²) in [6.45, 7) is 4.02. The second kappa shape index (κ2) is 12.9. The van der Waals surface area contributed by atoms with Gasteiger partial charge in [0.05, 0.1) is 10.6 Å². The number of hydrogen-bond donors (Lipinski definition) is 1. The van der Waals surface area contributed by atoms with Crippen LogP contribution in [0.25, 0.3) is 0 Å². The quantitative estimate of drug-likeness (QED) is 0.374. The lowest BCUT2D eigenvalue weighted by atomic mass is 10.1. The smallest absolute Gasteiger partial charge is 0.264 e. The molecule has 9 nitrogen and oxygen atoms in total. The van der Waals surface area contributed by atoms with Gasteiger partial charge in [-0.3, -0.25) is 13.9 Å². The fourth-order valence-electron chi connectivity index (χ4n) is 5.42. The monoisotopic (exact) mass is 591 g/mol. The lowest BCUT2D eigenvalue weighted by Crippen LogP contribution is -2.52. The van der Waals surface area contributed by atoms with E-state index in [1.807, 2.05) is 31.2 Å². The van der Waals surface area contributed by atoms with E-state index in [4.69, 9.17) is 9.47 Å². The summed E-state index contributed by atoms with van der Waals surface area (Å²) in [5.74, 6) is 0.159. The largest absolute Gasteiger partial charge is 0.486 e. The molecule has 0 aromatic heterocycles. The Bertz CT molecular complexity index is 1520. The Morgan fingerprint density at radius 1 is 0.929 bits per heavy atom. The van der Waals surface area contributed by atoms with Gasteiger partial charge < -0.3 is 19.7 Å². The number of amides is 2. The van der Waals surface area contributed by atoms with Crippen LogP contribution >= 0.6 is 0 Å². The number of rotatable bonds is 10. The molecule has 0 spiro atoms. The van der Waals surface area contributed by atoms with E-state index in [1.54, 1.807) is 43.3 Å². The number of ether oxygens (including phenoxy) is 2. The van der Waals surface area contributed by atoms with Crippen molar-refractivity contribution in [1.82, 2.24) is 10.2 Å². The first kappa shape index (κ1) is 29.4. The zero-order valence-corrected chi connectivity index (χ0v) is 24.8. The van der Waals surface area contributed by atoms with E-state index in [1.165, 1.54) is 17.0 Å². The first-order chi connectivity index (χ1) is 20.2. The van der Waals surface area contributed by atoms with Crippen molar-refractivity contribution >= 4 is 27.5 Å². The first-order valence-electron chi connectivity index (χ1n) is 14.4. The van der Waals surface area contributed by atoms with Crippen molar-refractivity contribution < 1.29 is 27.5 Å². The summed E-state index contributed by atoms with van der Waals surface area (Å²) in [6.07, 6.45) is 3.95. The second-order valence-electron chi connectivity index (χ2n) is 10.8. The third-order valence-electron chi connectivity index (χ3n) is 7.73. The summed E-state index contributed by atoms with van der Waals surface area (Å²) in [5, 5.41) is 3.09. The molecule has 10 heteroatoms. The van der Waals surface area contributed by atoms with E-state index in [-0.39, 0.29) is 29.1 Å². The number of nitrogens with one attached hydrogen (secondary N) is 1. The first-order valence-corrected chi connectivity index (χ1v) is 15.8. The molecule has 0 radical (unpaired) electrons. The molecule has 1 atom stereocenters. The van der Waals surface area contributed by atoms with E-state index in [2.05, 4.69) is 5.32 Å². The zero-order valence-electron chi connectivity index (χ0n) is 24.0. The maximum Gasteiger partial charge on any atom is 0.264 e. The number of hydrogen-bond acceptors (Lipinski definition) is 6. The van der Waals surface area contributed by atoms with Crippen molar-refractivity contribution in [2.75, 3.05) is 24.1 Å². The van der Waals surface area contributed by atoms with Gasteiger partial charge in [-0.15, -0.1) is 0 Å². The van der Waals surface area contributed by atoms with E-state index in [0.717, 1.165) is 41.1 Å². The Morgan fingerprint density at radius 2 is 1.64 bits per heavy atom. The number of fused-ring (bicyclic) bond motifs is 1. The summed E-state index contributed by atoms with van der Waals surface area (Å²) in [7, 11) is -4.16. The molecule has 2 amide bonds. The third-order valence-corrected chi connectivity index (χ3v) is 9.52. The Kier molecular flexibility index (Phi) is 9.01. The van der Waals surface area contributed by atoms with Gasteiger partial charge >= 0.3 is 0 Å². The number of carbonyl (C=O) groups is 2. The molecule has 222 valence electrons. The standard InChI is InChI=1S/C32H37N3O6S/c1-23-9-8-10-25(19-23)21-34(24(2)32(37)33-26-11-6-7-12-26)31(36)22-35(42(38,39)28-13-4-3-5-14-28)27-15-16-29-30(20-27)41-18-17-40-29/h3-5,8-10,13-16,19-20,24,26H,6-7,11-12,17-18,21-22H2,1-2H3,(H,33,37)/t24-/m0/s1. The van der Waals surface area contributed by atoms with Gasteiger partial charge in [-0.25, -0.2) is 8.42 Å². The SMILES string of the molecule is Cc1cccc(CN(C(=O)CN(c2ccc3c(c2)OCCO3)S(=O)(=O)c2ccccc2)[C@@H](C)C(=O)NC2CCCC2)c1. The molecule has 3 aromatic carbocycles. The fourth-order valence-corrected chi connectivity index (χ4v) is 6.84. The maximum absolute atomic E-state index is 14.1. The average molecular weight is 592 g/mol. The number of benzene rings is 3. The molecule has 1 N–H and O–H groups in total. The van der Waals surface area contributed by atoms with Crippen LogP contribution in [-0.2, 0) is 26.2 Å². The van der Waals surface area contributed by atoms with Gasteiger partial charge in [0.15, 0.2) is 11.5 Å². The minimum Gasteiger partial charge on any atom is -0.486 e. The normalized spacial score (nSPS) is 15.6. The van der Waals surface area contributed by atoms with Crippen LogP contribution in [0.3, 0.4) is 0 Å². The highest BCUT2D eigenvalue weighted by Crippen LogP contribution is 2.36. The minimum absolute atomic E-state index is 0.0462. The fraction of sp³-hybridized carbons (Fsp3) is 0.375. The molecule has 0 saturated heterocycles. The van der Waals surface area contributed by atoms with Gasteiger partial charge in [0.1, 0.15) is 25.8 Å². The van der Waals surface area contributed by atoms with E-state index < -0.39 is 28.5 Å². The van der Waals surface area contributed by atoms with Crippen LogP contribution in [-0.4, -0.2) is 57.0 Å². The van der Waals surface area contributed by atoms with Crippen LogP contribution in [0.1, 0.15) is 43.7 Å². The molecule has 1 saturated carbocycles. The summed E-state index contributed by atoms with van der Waals surface area (Å²) in [6, 6.07) is 19.8. The van der Waals surface area contributed by atoms with E-state index in [0.29, 0.717) is 24.7 Å². The van der Waals surface area contributed by atoms with Crippen LogP contribution in [0.4, 0.5) is 5.69 Å². The van der Waals surface area contributed by atoms with E-state index in [9.17, 15) is 18.0 Å². The van der Waals surface area contributed by atoms with Crippen LogP contribution in [0, 0.1) is 6.92 Å². The minimum atomic E-state index is -4.16. The molecule has 2 aliphatic rings. The van der Waals surface area contributed by atoms with Crippen LogP contribution < -0.4 is 19.1 Å². The maximum atomic E-state index is 14.1. The van der Waals surface area contributed by atoms with Crippen molar-refractivity contribution in [3.63, 3.8) is 0 Å². The summed E-state index contributed by atoms with van der Waals surface area (Å²) < 4.78 is 40.4. The average Bonchev–Trinajstić information content (AvgIpc) is 3.51. The molecule has 1 aliphatic heterocycles. The molecule has 3 aromatic rings. The summed E-state index contributed by atoms with van der Waals surface area (Å²) in [5.41, 5.74) is 2.13. The third kappa shape index (κ3) is 6.70. The lowest BCUT2D eigenvalue weighted by Gasteiger charge is -2.33. The van der Waals surface area contributed by atoms with Gasteiger partial charge in [0.25, 0.3) is 10.0 Å². The van der Waals surface area contributed by atoms with Gasteiger partial charge in [0.2, 0.25) is 11.8 Å². The number of anilines is 1. The van der Waals surface area contributed by atoms with Crippen LogP contribution in [0.5, 0.6) is 11.5 Å². The highest BCUT2D eigenvalue weighted by atomic mass is 32.2. The highest BCUT2D eigenvalue weighted by molar-refractivity contribution is 7.92. The molecule has 1 aliphatic carbocycles. The molecule has 1 heterocycles. The Balaban J connectivity index is 1.49. The van der Waals surface area contributed by atoms with Crippen molar-refractivity contribution in [1.29, 1.82) is 0 Å². The molecule has 0 unspecified atom stereocenters. The highest BCUT2D eigenvalue weighted by Gasteiger charge is 2.34. The molecular weight excluding hydrogens is 554 g/mol. The van der Waals surface area contributed by atoms with E-state index >= 15 is 0 Å². The number of sulfonamides is 1. The van der Waals surface area contributed by atoms with Gasteiger partial charge in [0, 0.05) is 18.7 Å². The van der Waals surface area contributed by atoms with Gasteiger partial charge in [-0.2, -0.15) is 0 Å². The predicted molar refractivity (Wildman–Crippen MR) is 160 cm³/mol. The molecule has 0 bridgehead atoms. The molecule has 42 heavy (non-hydrogen) atoms. The van der Waals surface area contributed by atoms with Crippen molar-refractivity contribution in [2.24, 2.45) is 0 Å².